The van der Waals surface area contributed by atoms with Gasteiger partial charge in [0.15, 0.2) is 11.5 Å². The smallest absolute Gasteiger partial charge is 0.329 e. The normalized spacial score (nSPS) is 13.4. The summed E-state index contributed by atoms with van der Waals surface area (Å²) in [6, 6.07) is 13.5. The Balaban J connectivity index is 0.000000500. The van der Waals surface area contributed by atoms with Gasteiger partial charge in [-0.3, -0.25) is 9.69 Å². The van der Waals surface area contributed by atoms with Gasteiger partial charge in [0.2, 0.25) is 5.95 Å². The predicted octanol–water partition coefficient (Wildman–Crippen LogP) is 8.28. The third-order valence-electron chi connectivity index (χ3n) is 9.72. The molecule has 0 unspecified atom stereocenters. The van der Waals surface area contributed by atoms with Gasteiger partial charge < -0.3 is 25.2 Å². The number of benzene rings is 1. The van der Waals surface area contributed by atoms with Crippen molar-refractivity contribution in [2.45, 2.75) is 79.4 Å². The first-order valence-electron chi connectivity index (χ1n) is 20.6. The Morgan fingerprint density at radius 1 is 1.02 bits per heavy atom. The molecule has 4 aromatic heterocycles. The number of aryl methyl sites for hydroxylation is 1. The molecule has 14 nitrogen and oxygen atoms in total. The molecule has 1 saturated heterocycles. The first kappa shape index (κ1) is 48.1. The average Bonchev–Trinajstić information content (AvgIpc) is 3.79. The first-order valence-corrected chi connectivity index (χ1v) is 21.5. The van der Waals surface area contributed by atoms with Crippen LogP contribution in [-0.2, 0) is 21.7 Å². The third kappa shape index (κ3) is 13.5. The molecular weight excluding hydrogens is 798 g/mol. The maximum Gasteiger partial charge on any atom is 0.329 e. The van der Waals surface area contributed by atoms with Crippen LogP contribution in [0, 0.1) is 6.92 Å². The number of aromatic nitrogens is 6. The van der Waals surface area contributed by atoms with Crippen molar-refractivity contribution >= 4 is 51.2 Å². The number of aliphatic carboxylic acids is 1. The fourth-order valence-electron chi connectivity index (χ4n) is 6.61. The van der Waals surface area contributed by atoms with E-state index >= 15 is 0 Å². The highest BCUT2D eigenvalue weighted by atomic mass is 32.1. The van der Waals surface area contributed by atoms with Gasteiger partial charge in [0.25, 0.3) is 5.56 Å². The lowest BCUT2D eigenvalue weighted by Gasteiger charge is -2.36. The van der Waals surface area contributed by atoms with Crippen LogP contribution in [0.5, 0.6) is 0 Å². The van der Waals surface area contributed by atoms with E-state index in [-0.39, 0.29) is 24.5 Å². The molecule has 5 heterocycles. The Labute approximate surface area is 361 Å². The number of carboxylic acids is 1. The van der Waals surface area contributed by atoms with Crippen LogP contribution in [0.1, 0.15) is 76.6 Å². The van der Waals surface area contributed by atoms with Gasteiger partial charge in [-0.1, -0.05) is 51.5 Å². The Morgan fingerprint density at radius 3 is 2.33 bits per heavy atom. The van der Waals surface area contributed by atoms with Crippen LogP contribution in [0.2, 0.25) is 0 Å². The first-order chi connectivity index (χ1) is 29.3. The Hall–Kier alpha value is -5.55. The molecule has 16 heteroatoms. The van der Waals surface area contributed by atoms with E-state index in [4.69, 9.17) is 14.8 Å². The lowest BCUT2D eigenvalue weighted by Crippen LogP contribution is -2.46. The number of hydrogen-bond acceptors (Lipinski definition) is 12. The Morgan fingerprint density at radius 2 is 1.72 bits per heavy atom. The van der Waals surface area contributed by atoms with E-state index in [1.807, 2.05) is 32.9 Å². The lowest BCUT2D eigenvalue weighted by atomic mass is 10.1. The number of fused-ring (bicyclic) bond motifs is 1. The molecule has 0 spiro atoms. The number of rotatable bonds is 18. The Kier molecular flexibility index (Phi) is 18.5. The van der Waals surface area contributed by atoms with Crippen molar-refractivity contribution in [2.24, 2.45) is 0 Å². The number of allylic oxidation sites excluding steroid dienone is 4. The van der Waals surface area contributed by atoms with Gasteiger partial charge in [-0.25, -0.2) is 33.5 Å². The number of halogens is 1. The standard InChI is InChI=1S/C34H44N8O5.C9H10FNS.C2H6/c1-4-16-41-32(45)27-23-35-33(38-31(27)42(41)29-11-9-10-28(37-29)34(2,3)46)36-25-12-14-26(15-13-25)40-20-18-39(19-21-40)17-7-5-6-8-22-47-24-30(43)44;1-4-8(6(2)10)9-7(3)11-5-12-9;1-2/h4,9-15,23,46H,1,5-8,16-22,24H2,2-3H3,(H,43,44)(H,35,36,38);4-5H,1H2,2-3H3;1-2H3/b;8-6-;. The number of anilines is 3. The van der Waals surface area contributed by atoms with E-state index in [9.17, 15) is 19.1 Å². The van der Waals surface area contributed by atoms with Gasteiger partial charge in [-0.2, -0.15) is 4.98 Å². The molecule has 1 fully saturated rings. The molecule has 6 rings (SSSR count). The molecule has 0 bridgehead atoms. The number of hydrogen-bond donors (Lipinski definition) is 3. The lowest BCUT2D eigenvalue weighted by molar-refractivity contribution is -0.142. The fourth-order valence-corrected chi connectivity index (χ4v) is 7.50. The molecule has 0 amide bonds. The summed E-state index contributed by atoms with van der Waals surface area (Å²) < 4.78 is 21.1. The number of piperazine rings is 1. The van der Waals surface area contributed by atoms with Gasteiger partial charge in [0, 0.05) is 55.9 Å². The van der Waals surface area contributed by atoms with E-state index in [1.54, 1.807) is 48.3 Å². The highest BCUT2D eigenvalue weighted by Gasteiger charge is 2.22. The van der Waals surface area contributed by atoms with E-state index in [1.165, 1.54) is 35.2 Å². The molecule has 5 aromatic rings. The van der Waals surface area contributed by atoms with E-state index in [0.717, 1.165) is 80.4 Å². The summed E-state index contributed by atoms with van der Waals surface area (Å²) in [6.07, 6.45) is 8.88. The van der Waals surface area contributed by atoms with Crippen molar-refractivity contribution in [1.29, 1.82) is 0 Å². The molecule has 0 radical (unpaired) electrons. The number of nitrogens with one attached hydrogen (secondary N) is 1. The summed E-state index contributed by atoms with van der Waals surface area (Å²) >= 11 is 1.43. The van der Waals surface area contributed by atoms with Crippen molar-refractivity contribution < 1.29 is 24.1 Å². The van der Waals surface area contributed by atoms with Crippen molar-refractivity contribution in [3.8, 4) is 5.82 Å². The zero-order valence-corrected chi connectivity index (χ0v) is 37.0. The second kappa shape index (κ2) is 23.4. The molecule has 0 atom stereocenters. The minimum Gasteiger partial charge on any atom is -0.480 e. The van der Waals surface area contributed by atoms with Gasteiger partial charge in [-0.05, 0) is 83.5 Å². The number of ether oxygens (including phenoxy) is 1. The topological polar surface area (TPSA) is 164 Å². The minimum absolute atomic E-state index is 0.211. The van der Waals surface area contributed by atoms with Crippen molar-refractivity contribution in [2.75, 3.05) is 56.2 Å². The van der Waals surface area contributed by atoms with Gasteiger partial charge in [0.05, 0.1) is 28.3 Å². The largest absolute Gasteiger partial charge is 0.480 e. The summed E-state index contributed by atoms with van der Waals surface area (Å²) in [6.45, 7) is 23.5. The summed E-state index contributed by atoms with van der Waals surface area (Å²) in [7, 11) is 0. The van der Waals surface area contributed by atoms with Crippen molar-refractivity contribution in [3.05, 3.63) is 112 Å². The maximum atomic E-state index is 13.3. The van der Waals surface area contributed by atoms with Crippen LogP contribution in [-0.4, -0.2) is 96.3 Å². The summed E-state index contributed by atoms with van der Waals surface area (Å²) in [5, 5.41) is 22.8. The molecule has 328 valence electrons. The SMILES string of the molecule is C=C/C(=C(\C)F)c1scnc1C.C=CCn1c(=O)c2cnc(Nc3ccc(N4CCN(CCCCCCOCC(=O)O)CC4)cc3)nc2n1-c1cccc(C(C)(C)O)n1.CC. The quantitative estimate of drug-likeness (QED) is 0.0440. The zero-order chi connectivity index (χ0) is 44.5. The van der Waals surface area contributed by atoms with Crippen molar-refractivity contribution in [1.82, 2.24) is 34.2 Å². The minimum atomic E-state index is -1.16. The van der Waals surface area contributed by atoms with E-state index in [2.05, 4.69) is 55.4 Å². The third-order valence-corrected chi connectivity index (χ3v) is 10.7. The molecule has 0 saturated carbocycles. The molecule has 1 aliphatic rings. The van der Waals surface area contributed by atoms with Crippen LogP contribution >= 0.6 is 11.3 Å². The molecule has 1 aliphatic heterocycles. The number of pyridine rings is 1. The zero-order valence-electron chi connectivity index (χ0n) is 36.2. The number of nitrogens with zero attached hydrogens (tertiary/aromatic N) is 8. The summed E-state index contributed by atoms with van der Waals surface area (Å²) in [4.78, 5) is 47.3. The van der Waals surface area contributed by atoms with Gasteiger partial charge in [-0.15, -0.1) is 17.9 Å². The highest BCUT2D eigenvalue weighted by Crippen LogP contribution is 2.27. The number of aliphatic hydroxyl groups is 1. The number of carbonyl (C=O) groups is 1. The average molecular weight is 858 g/mol. The monoisotopic (exact) mass is 857 g/mol. The molecule has 3 N–H and O–H groups in total. The molecule has 61 heavy (non-hydrogen) atoms. The van der Waals surface area contributed by atoms with Crippen LogP contribution in [0.25, 0.3) is 22.4 Å². The summed E-state index contributed by atoms with van der Waals surface area (Å²) in [5.41, 5.74) is 4.53. The highest BCUT2D eigenvalue weighted by molar-refractivity contribution is 7.11. The molecular formula is C45H60FN9O5S. The van der Waals surface area contributed by atoms with Gasteiger partial charge >= 0.3 is 5.97 Å². The van der Waals surface area contributed by atoms with Crippen LogP contribution in [0.3, 0.4) is 0 Å². The van der Waals surface area contributed by atoms with E-state index in [0.29, 0.717) is 40.7 Å². The fraction of sp³-hybridized carbons (Fsp3) is 0.422. The second-order valence-corrected chi connectivity index (χ2v) is 15.5. The van der Waals surface area contributed by atoms with E-state index < -0.39 is 11.6 Å². The summed E-state index contributed by atoms with van der Waals surface area (Å²) in [5.74, 6) is -0.338. The molecule has 0 aliphatic carbocycles. The van der Waals surface area contributed by atoms with Crippen molar-refractivity contribution in [3.63, 3.8) is 0 Å². The number of carboxylic acid groups (broad SMARTS) is 1. The second-order valence-electron chi connectivity index (χ2n) is 14.6. The van der Waals surface area contributed by atoms with Crippen LogP contribution in [0.15, 0.2) is 90.1 Å². The predicted molar refractivity (Wildman–Crippen MR) is 244 cm³/mol. The van der Waals surface area contributed by atoms with Gasteiger partial charge in [0.1, 0.15) is 23.4 Å². The van der Waals surface area contributed by atoms with Crippen LogP contribution < -0.4 is 15.8 Å². The number of thiazole rings is 1. The molecule has 1 aromatic carbocycles. The Bertz CT molecular complexity index is 2280. The maximum absolute atomic E-state index is 13.3. The number of unbranched alkanes of at least 4 members (excludes halogenated alkanes) is 3. The van der Waals surface area contributed by atoms with Crippen LogP contribution in [0.4, 0.5) is 21.7 Å².